The Hall–Kier alpha value is -4.46. The van der Waals surface area contributed by atoms with Crippen LogP contribution < -0.4 is 19.8 Å². The van der Waals surface area contributed by atoms with Crippen LogP contribution in [0.4, 0.5) is 17.1 Å². The van der Waals surface area contributed by atoms with Crippen LogP contribution in [0.15, 0.2) is 82.6 Å². The Bertz CT molecular complexity index is 2010. The molecule has 4 aliphatic rings. The van der Waals surface area contributed by atoms with Crippen molar-refractivity contribution >= 4 is 69.5 Å². The van der Waals surface area contributed by atoms with E-state index in [0.717, 1.165) is 26.8 Å². The Labute approximate surface area is 280 Å². The van der Waals surface area contributed by atoms with Crippen molar-refractivity contribution in [2.24, 2.45) is 29.6 Å². The van der Waals surface area contributed by atoms with Crippen LogP contribution in [0.5, 0.6) is 5.75 Å². The number of amides is 3. The fraction of sp³-hybridized carbons (Fsp3) is 0.273. The number of halogens is 1. The summed E-state index contributed by atoms with van der Waals surface area (Å²) in [7, 11) is 0. The first kappa shape index (κ1) is 29.9. The Balaban J connectivity index is 1.11. The summed E-state index contributed by atoms with van der Waals surface area (Å²) in [5.74, 6) is -2.09. The Kier molecular flexibility index (Phi) is 7.23. The first-order valence-corrected chi connectivity index (χ1v) is 17.1. The molecule has 2 aliphatic heterocycles. The van der Waals surface area contributed by atoms with Gasteiger partial charge in [-0.05, 0) is 66.6 Å². The molecule has 0 radical (unpaired) electrons. The number of carbonyl (C=O) groups excluding carboxylic acids is 3. The molecule has 2 bridgehead atoms. The predicted molar refractivity (Wildman–Crippen MR) is 176 cm³/mol. The highest BCUT2D eigenvalue weighted by Crippen LogP contribution is 2.69. The van der Waals surface area contributed by atoms with E-state index in [0.29, 0.717) is 28.6 Å². The summed E-state index contributed by atoms with van der Waals surface area (Å²) in [6.45, 7) is -0.251. The number of aromatic nitrogens is 1. The van der Waals surface area contributed by atoms with E-state index in [9.17, 15) is 29.3 Å². The molecule has 0 unspecified atom stereocenters. The van der Waals surface area contributed by atoms with Gasteiger partial charge in [0.2, 0.25) is 11.8 Å². The number of hydrogen-bond donors (Lipinski definition) is 2. The van der Waals surface area contributed by atoms with Gasteiger partial charge in [0.15, 0.2) is 6.61 Å². The number of fused-ring (bicyclic) bond motifs is 9. The van der Waals surface area contributed by atoms with Gasteiger partial charge in [0.25, 0.3) is 11.6 Å². The Morgan fingerprint density at radius 2 is 1.70 bits per heavy atom. The van der Waals surface area contributed by atoms with Crippen LogP contribution in [0.25, 0.3) is 0 Å². The number of carbonyl (C=O) groups is 3. The molecular weight excluding hydrogens is 664 g/mol. The quantitative estimate of drug-likeness (QED) is 0.143. The Morgan fingerprint density at radius 1 is 1.00 bits per heavy atom. The molecule has 7 atom stereocenters. The third kappa shape index (κ3) is 4.86. The average Bonchev–Trinajstić information content (AvgIpc) is 3.80. The van der Waals surface area contributed by atoms with Gasteiger partial charge < -0.3 is 15.0 Å². The molecule has 2 N–H and O–H groups in total. The molecule has 238 valence electrons. The summed E-state index contributed by atoms with van der Waals surface area (Å²) in [6, 6.07) is 19.7. The van der Waals surface area contributed by atoms with Crippen LogP contribution >= 0.6 is 34.7 Å². The number of thioether (sulfide) groups is 1. The maximum absolute atomic E-state index is 14.0. The highest BCUT2D eigenvalue weighted by Gasteiger charge is 2.69. The van der Waals surface area contributed by atoms with E-state index in [4.69, 9.17) is 16.3 Å². The smallest absolute Gasteiger partial charge is 0.305 e. The van der Waals surface area contributed by atoms with Crippen LogP contribution in [-0.4, -0.2) is 39.5 Å². The van der Waals surface area contributed by atoms with Crippen molar-refractivity contribution in [2.75, 3.05) is 16.8 Å². The average molecular weight is 689 g/mol. The van der Waals surface area contributed by atoms with Crippen molar-refractivity contribution in [2.45, 2.75) is 22.6 Å². The van der Waals surface area contributed by atoms with Crippen molar-refractivity contribution in [3.8, 4) is 5.75 Å². The van der Waals surface area contributed by atoms with E-state index >= 15 is 0 Å². The van der Waals surface area contributed by atoms with E-state index < -0.39 is 16.8 Å². The van der Waals surface area contributed by atoms with Crippen LogP contribution in [0.2, 0.25) is 5.02 Å². The lowest BCUT2D eigenvalue weighted by Crippen LogP contribution is -2.42. The molecule has 1 aromatic heterocycles. The highest BCUT2D eigenvalue weighted by molar-refractivity contribution is 8.00. The standard InChI is InChI=1S/C33H25ClN4O7S2/c34-15-5-7-16(8-6-15)35-23(39)14-45-22-4-2-1-3-19(22)24-25-20-13-21(28(25)46-30-29(24)47-33(42)36-30)27-26(20)31(40)37(32(27)41)17-9-11-18(12-10-17)38(43)44/h1-12,20-21,24-28H,13-14H2,(H,35,39)(H,36,42)/t20-,21-,24+,25-,26+,27+,28-/m1/s1. The number of nitro groups is 1. The Morgan fingerprint density at radius 3 is 2.43 bits per heavy atom. The van der Waals surface area contributed by atoms with Crippen LogP contribution in [0.3, 0.4) is 0 Å². The first-order valence-electron chi connectivity index (χ1n) is 15.0. The summed E-state index contributed by atoms with van der Waals surface area (Å²) >= 11 is 8.67. The second-order valence-corrected chi connectivity index (χ2v) is 14.8. The number of anilines is 2. The summed E-state index contributed by atoms with van der Waals surface area (Å²) in [4.78, 5) is 68.9. The third-order valence-electron chi connectivity index (χ3n) is 9.78. The maximum atomic E-state index is 14.0. The van der Waals surface area contributed by atoms with Gasteiger partial charge in [-0.15, -0.1) is 11.8 Å². The van der Waals surface area contributed by atoms with Crippen LogP contribution in [0, 0.1) is 39.7 Å². The topological polar surface area (TPSA) is 152 Å². The van der Waals surface area contributed by atoms with Crippen molar-refractivity contribution in [1.82, 2.24) is 4.98 Å². The SMILES string of the molecule is O=C(COc1ccccc1[C@@H]1c2sc(=O)[nH]c2S[C@@H]2[C@@H]3C[C@@H]([C@@H]4C(=O)N(c5ccc([N+](=O)[O-])cc5)C(=O)[C@@H]34)[C@H]12)Nc1ccc(Cl)cc1. The van der Waals surface area contributed by atoms with Crippen molar-refractivity contribution < 1.29 is 24.0 Å². The van der Waals surface area contributed by atoms with Crippen LogP contribution in [-0.2, 0) is 14.4 Å². The van der Waals surface area contributed by atoms with Gasteiger partial charge in [0, 0.05) is 44.5 Å². The predicted octanol–water partition coefficient (Wildman–Crippen LogP) is 5.69. The monoisotopic (exact) mass is 688 g/mol. The van der Waals surface area contributed by atoms with Crippen molar-refractivity contribution in [3.05, 3.63) is 108 Å². The highest BCUT2D eigenvalue weighted by atomic mass is 35.5. The minimum absolute atomic E-state index is 0.0428. The number of nitrogens with one attached hydrogen (secondary N) is 2. The molecule has 3 heterocycles. The van der Waals surface area contributed by atoms with E-state index in [1.165, 1.54) is 29.2 Å². The van der Waals surface area contributed by atoms with Gasteiger partial charge in [-0.2, -0.15) is 0 Å². The largest absolute Gasteiger partial charge is 0.483 e. The molecule has 1 saturated heterocycles. The number of nitrogens with zero attached hydrogens (tertiary/aromatic N) is 2. The molecule has 3 aromatic carbocycles. The molecule has 0 spiro atoms. The number of ether oxygens (including phenoxy) is 1. The lowest BCUT2D eigenvalue weighted by molar-refractivity contribution is -0.384. The summed E-state index contributed by atoms with van der Waals surface area (Å²) in [5.41, 5.74) is 1.60. The molecule has 11 nitrogen and oxygen atoms in total. The molecule has 8 rings (SSSR count). The van der Waals surface area contributed by atoms with E-state index in [1.807, 2.05) is 18.2 Å². The molecule has 2 saturated carbocycles. The second-order valence-electron chi connectivity index (χ2n) is 12.1. The number of nitro benzene ring substituents is 1. The van der Waals surface area contributed by atoms with E-state index in [-0.39, 0.29) is 63.8 Å². The zero-order valence-corrected chi connectivity index (χ0v) is 26.7. The zero-order valence-electron chi connectivity index (χ0n) is 24.3. The lowest BCUT2D eigenvalue weighted by atomic mass is 9.68. The number of non-ortho nitro benzene ring substituents is 1. The van der Waals surface area contributed by atoms with Crippen molar-refractivity contribution in [3.63, 3.8) is 0 Å². The lowest BCUT2D eigenvalue weighted by Gasteiger charge is -2.43. The fourth-order valence-corrected chi connectivity index (χ4v) is 11.1. The van der Waals surface area contributed by atoms with Gasteiger partial charge in [-0.1, -0.05) is 41.1 Å². The van der Waals surface area contributed by atoms with Gasteiger partial charge in [-0.3, -0.25) is 34.2 Å². The first-order chi connectivity index (χ1) is 22.7. The molecule has 4 aromatic rings. The molecule has 2 aliphatic carbocycles. The number of para-hydroxylation sites is 1. The number of benzene rings is 3. The number of hydrogen-bond acceptors (Lipinski definition) is 9. The fourth-order valence-electron chi connectivity index (χ4n) is 8.09. The van der Waals surface area contributed by atoms with Crippen LogP contribution in [0.1, 0.15) is 22.8 Å². The number of imide groups is 1. The van der Waals surface area contributed by atoms with Gasteiger partial charge >= 0.3 is 4.87 Å². The van der Waals surface area contributed by atoms with Gasteiger partial charge in [-0.25, -0.2) is 0 Å². The summed E-state index contributed by atoms with van der Waals surface area (Å²) in [5, 5.41) is 15.3. The van der Waals surface area contributed by atoms with Gasteiger partial charge in [0.05, 0.1) is 27.5 Å². The normalized spacial score (nSPS) is 26.9. The molecule has 3 fully saturated rings. The maximum Gasteiger partial charge on any atom is 0.305 e. The van der Waals surface area contributed by atoms with E-state index in [1.54, 1.807) is 42.1 Å². The summed E-state index contributed by atoms with van der Waals surface area (Å²) < 4.78 is 6.12. The molecular formula is C33H25ClN4O7S2. The van der Waals surface area contributed by atoms with Crippen molar-refractivity contribution in [1.29, 1.82) is 0 Å². The van der Waals surface area contributed by atoms with Gasteiger partial charge in [0.1, 0.15) is 5.75 Å². The summed E-state index contributed by atoms with van der Waals surface area (Å²) in [6.07, 6.45) is 0.700. The second kappa shape index (κ2) is 11.4. The minimum atomic E-state index is -0.539. The molecule has 3 amide bonds. The third-order valence-corrected chi connectivity index (χ3v) is 12.6. The number of H-pyrrole nitrogens is 1. The minimum Gasteiger partial charge on any atom is -0.483 e. The number of aromatic amines is 1. The molecule has 14 heteroatoms. The van der Waals surface area contributed by atoms with E-state index in [2.05, 4.69) is 10.3 Å². The molecule has 47 heavy (non-hydrogen) atoms. The zero-order chi connectivity index (χ0) is 32.6. The number of thiazole rings is 1. The number of rotatable bonds is 7.